The van der Waals surface area contributed by atoms with Gasteiger partial charge in [0.15, 0.2) is 5.69 Å². The van der Waals surface area contributed by atoms with Crippen molar-refractivity contribution in [2.75, 3.05) is 6.54 Å². The third-order valence-corrected chi connectivity index (χ3v) is 4.01. The molecule has 1 aromatic heterocycles. The number of hydrogen-bond acceptors (Lipinski definition) is 4. The molecule has 1 aromatic rings. The van der Waals surface area contributed by atoms with Crippen LogP contribution < -0.4 is 11.1 Å². The minimum absolute atomic E-state index is 0.180. The maximum absolute atomic E-state index is 12.2. The van der Waals surface area contributed by atoms with E-state index in [2.05, 4.69) is 29.5 Å². The predicted octanol–water partition coefficient (Wildman–Crippen LogP) is 1.18. The van der Waals surface area contributed by atoms with Crippen molar-refractivity contribution in [2.45, 2.75) is 52.1 Å². The molecule has 6 nitrogen and oxygen atoms in total. The lowest BCUT2D eigenvalue weighted by Crippen LogP contribution is -2.53. The first-order valence-electron chi connectivity index (χ1n) is 7.37. The van der Waals surface area contributed by atoms with Crippen molar-refractivity contribution in [2.24, 2.45) is 17.6 Å². The van der Waals surface area contributed by atoms with Crippen LogP contribution in [0, 0.1) is 11.8 Å². The number of nitrogens with one attached hydrogen (secondary N) is 1. The third kappa shape index (κ3) is 3.56. The normalized spacial score (nSPS) is 18.1. The topological polar surface area (TPSA) is 85.8 Å². The van der Waals surface area contributed by atoms with Crippen LogP contribution in [0.5, 0.6) is 0 Å². The van der Waals surface area contributed by atoms with Gasteiger partial charge in [-0.25, -0.2) is 0 Å². The van der Waals surface area contributed by atoms with Gasteiger partial charge in [-0.15, -0.1) is 5.10 Å². The van der Waals surface area contributed by atoms with Crippen LogP contribution in [0.15, 0.2) is 6.20 Å². The Balaban J connectivity index is 1.95. The first-order valence-corrected chi connectivity index (χ1v) is 7.37. The molecule has 1 aliphatic carbocycles. The number of carbonyl (C=O) groups is 1. The fourth-order valence-corrected chi connectivity index (χ4v) is 2.27. The predicted molar refractivity (Wildman–Crippen MR) is 77.1 cm³/mol. The van der Waals surface area contributed by atoms with Crippen LogP contribution in [-0.4, -0.2) is 33.0 Å². The standard InChI is InChI=1S/C14H25N5O/c1-10(2)6-7-19-8-12(17-18-19)13(20)16-14(3,9-15)11-4-5-11/h8,10-11H,4-7,9,15H2,1-3H3,(H,16,20). The highest BCUT2D eigenvalue weighted by atomic mass is 16.2. The zero-order chi connectivity index (χ0) is 14.8. The van der Waals surface area contributed by atoms with Crippen molar-refractivity contribution >= 4 is 5.91 Å². The molecule has 0 aromatic carbocycles. The number of amides is 1. The van der Waals surface area contributed by atoms with Crippen molar-refractivity contribution in [1.29, 1.82) is 0 Å². The van der Waals surface area contributed by atoms with E-state index in [9.17, 15) is 4.79 Å². The Morgan fingerprint density at radius 3 is 2.85 bits per heavy atom. The fourth-order valence-electron chi connectivity index (χ4n) is 2.27. The lowest BCUT2D eigenvalue weighted by atomic mass is 9.96. The molecule has 0 bridgehead atoms. The molecule has 1 unspecified atom stereocenters. The van der Waals surface area contributed by atoms with E-state index < -0.39 is 0 Å². The molecule has 20 heavy (non-hydrogen) atoms. The third-order valence-electron chi connectivity index (χ3n) is 4.01. The number of aryl methyl sites for hydroxylation is 1. The summed E-state index contributed by atoms with van der Waals surface area (Å²) in [6, 6.07) is 0. The molecule has 1 aliphatic rings. The summed E-state index contributed by atoms with van der Waals surface area (Å²) in [4.78, 5) is 12.2. The molecule has 6 heteroatoms. The molecular formula is C14H25N5O. The first kappa shape index (κ1) is 15.0. The van der Waals surface area contributed by atoms with Gasteiger partial charge in [-0.2, -0.15) is 0 Å². The number of nitrogens with zero attached hydrogens (tertiary/aromatic N) is 3. The van der Waals surface area contributed by atoms with Gasteiger partial charge in [0.25, 0.3) is 5.91 Å². The van der Waals surface area contributed by atoms with Gasteiger partial charge in [0.05, 0.1) is 11.7 Å². The minimum atomic E-state index is -0.321. The van der Waals surface area contributed by atoms with Gasteiger partial charge in [-0.05, 0) is 38.0 Å². The van der Waals surface area contributed by atoms with Gasteiger partial charge in [-0.1, -0.05) is 19.1 Å². The average Bonchev–Trinajstić information content (AvgIpc) is 3.15. The zero-order valence-electron chi connectivity index (χ0n) is 12.6. The SMILES string of the molecule is CC(C)CCn1cc(C(=O)NC(C)(CN)C2CC2)nn1. The van der Waals surface area contributed by atoms with E-state index in [0.717, 1.165) is 25.8 Å². The Morgan fingerprint density at radius 1 is 1.60 bits per heavy atom. The Labute approximate surface area is 120 Å². The van der Waals surface area contributed by atoms with Crippen LogP contribution in [0.2, 0.25) is 0 Å². The number of rotatable bonds is 7. The van der Waals surface area contributed by atoms with Crippen LogP contribution in [-0.2, 0) is 6.54 Å². The molecule has 1 fully saturated rings. The Hall–Kier alpha value is -1.43. The van der Waals surface area contributed by atoms with Gasteiger partial charge in [0.1, 0.15) is 0 Å². The van der Waals surface area contributed by atoms with Crippen LogP contribution >= 0.6 is 0 Å². The number of nitrogens with two attached hydrogens (primary N) is 1. The Kier molecular flexibility index (Phi) is 4.42. The van der Waals surface area contributed by atoms with Crippen molar-refractivity contribution in [3.63, 3.8) is 0 Å². The molecule has 2 rings (SSSR count). The molecule has 112 valence electrons. The summed E-state index contributed by atoms with van der Waals surface area (Å²) in [5, 5.41) is 11.0. The number of aromatic nitrogens is 3. The van der Waals surface area contributed by atoms with Gasteiger partial charge in [-0.3, -0.25) is 9.48 Å². The molecule has 0 aliphatic heterocycles. The summed E-state index contributed by atoms with van der Waals surface area (Å²) >= 11 is 0. The smallest absolute Gasteiger partial charge is 0.273 e. The van der Waals surface area contributed by atoms with E-state index in [0.29, 0.717) is 24.1 Å². The molecule has 1 saturated carbocycles. The van der Waals surface area contributed by atoms with Gasteiger partial charge < -0.3 is 11.1 Å². The molecule has 0 spiro atoms. The second kappa shape index (κ2) is 5.91. The van der Waals surface area contributed by atoms with Crippen molar-refractivity contribution in [1.82, 2.24) is 20.3 Å². The van der Waals surface area contributed by atoms with Gasteiger partial charge in [0.2, 0.25) is 0 Å². The summed E-state index contributed by atoms with van der Waals surface area (Å²) in [5.41, 5.74) is 5.85. The van der Waals surface area contributed by atoms with Crippen LogP contribution in [0.1, 0.15) is 50.5 Å². The molecule has 1 atom stereocenters. The molecule has 1 amide bonds. The fraction of sp³-hybridized carbons (Fsp3) is 0.786. The molecule has 1 heterocycles. The highest BCUT2D eigenvalue weighted by molar-refractivity contribution is 5.92. The Bertz CT molecular complexity index is 466. The van der Waals surface area contributed by atoms with Gasteiger partial charge in [0, 0.05) is 13.1 Å². The quantitative estimate of drug-likeness (QED) is 0.785. The highest BCUT2D eigenvalue weighted by Crippen LogP contribution is 2.39. The van der Waals surface area contributed by atoms with E-state index in [1.165, 1.54) is 0 Å². The number of carbonyl (C=O) groups excluding carboxylic acids is 1. The maximum Gasteiger partial charge on any atom is 0.273 e. The summed E-state index contributed by atoms with van der Waals surface area (Å²) < 4.78 is 1.73. The highest BCUT2D eigenvalue weighted by Gasteiger charge is 2.41. The summed E-state index contributed by atoms with van der Waals surface area (Å²) in [7, 11) is 0. The molecule has 0 saturated heterocycles. The van der Waals surface area contributed by atoms with E-state index >= 15 is 0 Å². The lowest BCUT2D eigenvalue weighted by molar-refractivity contribution is 0.0892. The van der Waals surface area contributed by atoms with E-state index in [4.69, 9.17) is 5.73 Å². The summed E-state index contributed by atoms with van der Waals surface area (Å²) in [6.07, 6.45) is 5.00. The first-order chi connectivity index (χ1) is 9.44. The van der Waals surface area contributed by atoms with Crippen LogP contribution in [0.25, 0.3) is 0 Å². The zero-order valence-corrected chi connectivity index (χ0v) is 12.6. The summed E-state index contributed by atoms with van der Waals surface area (Å²) in [5.74, 6) is 0.917. The number of hydrogen-bond donors (Lipinski definition) is 2. The minimum Gasteiger partial charge on any atom is -0.344 e. The monoisotopic (exact) mass is 279 g/mol. The van der Waals surface area contributed by atoms with Crippen molar-refractivity contribution in [3.05, 3.63) is 11.9 Å². The van der Waals surface area contributed by atoms with Crippen molar-refractivity contribution in [3.8, 4) is 0 Å². The maximum atomic E-state index is 12.2. The van der Waals surface area contributed by atoms with Gasteiger partial charge >= 0.3 is 0 Å². The Morgan fingerprint density at radius 2 is 2.30 bits per heavy atom. The van der Waals surface area contributed by atoms with E-state index in [1.807, 2.05) is 6.92 Å². The second-order valence-electron chi connectivity index (χ2n) is 6.40. The lowest BCUT2D eigenvalue weighted by Gasteiger charge is -2.28. The van der Waals surface area contributed by atoms with Crippen molar-refractivity contribution < 1.29 is 4.79 Å². The van der Waals surface area contributed by atoms with Crippen LogP contribution in [0.4, 0.5) is 0 Å². The molecule has 3 N–H and O–H groups in total. The molecular weight excluding hydrogens is 254 g/mol. The molecule has 0 radical (unpaired) electrons. The summed E-state index contributed by atoms with van der Waals surface area (Å²) in [6.45, 7) is 7.56. The van der Waals surface area contributed by atoms with Crippen LogP contribution in [0.3, 0.4) is 0 Å². The van der Waals surface area contributed by atoms with E-state index in [1.54, 1.807) is 10.9 Å². The average molecular weight is 279 g/mol. The second-order valence-corrected chi connectivity index (χ2v) is 6.40. The largest absolute Gasteiger partial charge is 0.344 e. The van der Waals surface area contributed by atoms with E-state index in [-0.39, 0.29) is 11.4 Å².